The normalized spacial score (nSPS) is 11.6. The number of hydrogen-bond donors (Lipinski definition) is 5. The van der Waals surface area contributed by atoms with E-state index in [1.807, 2.05) is 60.7 Å². The van der Waals surface area contributed by atoms with E-state index in [0.717, 1.165) is 16.5 Å². The molecule has 9 nitrogen and oxygen atoms in total. The number of aromatic nitrogens is 1. The van der Waals surface area contributed by atoms with Crippen LogP contribution in [0.25, 0.3) is 10.9 Å². The highest BCUT2D eigenvalue weighted by Gasteiger charge is 2.15. The van der Waals surface area contributed by atoms with Crippen molar-refractivity contribution in [3.05, 3.63) is 130 Å². The van der Waals surface area contributed by atoms with Crippen molar-refractivity contribution >= 4 is 28.3 Å². The van der Waals surface area contributed by atoms with Crippen molar-refractivity contribution in [1.29, 1.82) is 0 Å². The number of ether oxygens (including phenoxy) is 2. The molecular weight excluding hydrogens is 544 g/mol. The molecule has 43 heavy (non-hydrogen) atoms. The van der Waals surface area contributed by atoms with Crippen LogP contribution in [0, 0.1) is 0 Å². The minimum absolute atomic E-state index is 0.239. The lowest BCUT2D eigenvalue weighted by atomic mass is 10.0. The van der Waals surface area contributed by atoms with Crippen molar-refractivity contribution < 1.29 is 19.4 Å². The van der Waals surface area contributed by atoms with Crippen molar-refractivity contribution in [2.24, 2.45) is 0 Å². The summed E-state index contributed by atoms with van der Waals surface area (Å²) in [6.07, 6.45) is -0.103. The fraction of sp³-hybridized carbons (Fsp3) is 0.176. The van der Waals surface area contributed by atoms with E-state index in [4.69, 9.17) is 9.47 Å². The maximum atomic E-state index is 12.4. The van der Waals surface area contributed by atoms with Gasteiger partial charge in [-0.15, -0.1) is 0 Å². The van der Waals surface area contributed by atoms with Crippen LogP contribution in [0.2, 0.25) is 0 Å². The van der Waals surface area contributed by atoms with Crippen LogP contribution in [-0.4, -0.2) is 36.3 Å². The number of aromatic amines is 1. The number of benzene rings is 4. The summed E-state index contributed by atoms with van der Waals surface area (Å²) in [5.74, 6) is 1.26. The fourth-order valence-corrected chi connectivity index (χ4v) is 4.75. The van der Waals surface area contributed by atoms with Crippen LogP contribution >= 0.6 is 0 Å². The molecule has 0 aliphatic rings. The zero-order chi connectivity index (χ0) is 30.0. The SMILES string of the molecule is COc1ccc(NC(=O)Nc2cccc(CCNC[C@@H](O)c3ccc(OCc4ccccc4)c4[nH]c(=O)ccc34)c2)cc1. The molecule has 5 rings (SSSR count). The third-order valence-electron chi connectivity index (χ3n) is 6.95. The van der Waals surface area contributed by atoms with Crippen LogP contribution in [0.15, 0.2) is 108 Å². The number of methoxy groups -OCH3 is 1. The van der Waals surface area contributed by atoms with E-state index in [1.165, 1.54) is 6.07 Å². The van der Waals surface area contributed by atoms with Gasteiger partial charge in [0.2, 0.25) is 5.56 Å². The van der Waals surface area contributed by atoms with Gasteiger partial charge in [0.15, 0.2) is 0 Å². The quantitative estimate of drug-likeness (QED) is 0.122. The molecule has 0 saturated carbocycles. The Morgan fingerprint density at radius 3 is 2.42 bits per heavy atom. The van der Waals surface area contributed by atoms with Gasteiger partial charge in [0.1, 0.15) is 18.1 Å². The van der Waals surface area contributed by atoms with Gasteiger partial charge in [-0.3, -0.25) is 4.79 Å². The number of fused-ring (bicyclic) bond motifs is 1. The van der Waals surface area contributed by atoms with Gasteiger partial charge < -0.3 is 35.5 Å². The fourth-order valence-electron chi connectivity index (χ4n) is 4.75. The predicted molar refractivity (Wildman–Crippen MR) is 169 cm³/mol. The topological polar surface area (TPSA) is 125 Å². The van der Waals surface area contributed by atoms with Gasteiger partial charge in [-0.05, 0) is 78.2 Å². The molecule has 9 heteroatoms. The molecule has 0 aliphatic carbocycles. The number of H-pyrrole nitrogens is 1. The van der Waals surface area contributed by atoms with Gasteiger partial charge >= 0.3 is 6.03 Å². The maximum absolute atomic E-state index is 12.4. The monoisotopic (exact) mass is 578 g/mol. The number of aliphatic hydroxyl groups is 1. The summed E-state index contributed by atoms with van der Waals surface area (Å²) in [4.78, 5) is 27.4. The molecule has 0 aliphatic heterocycles. The van der Waals surface area contributed by atoms with Crippen LogP contribution in [0.1, 0.15) is 22.8 Å². The molecule has 2 amide bonds. The second-order valence-corrected chi connectivity index (χ2v) is 10.0. The lowest BCUT2D eigenvalue weighted by Gasteiger charge is -2.17. The summed E-state index contributed by atoms with van der Waals surface area (Å²) in [7, 11) is 1.59. The molecule has 1 heterocycles. The van der Waals surface area contributed by atoms with E-state index in [-0.39, 0.29) is 11.6 Å². The Bertz CT molecular complexity index is 1720. The van der Waals surface area contributed by atoms with E-state index >= 15 is 0 Å². The van der Waals surface area contributed by atoms with Gasteiger partial charge in [0.25, 0.3) is 0 Å². The summed E-state index contributed by atoms with van der Waals surface area (Å²) >= 11 is 0. The average Bonchev–Trinajstić information content (AvgIpc) is 3.02. The summed E-state index contributed by atoms with van der Waals surface area (Å²) in [6, 6.07) is 31.0. The molecule has 0 unspecified atom stereocenters. The van der Waals surface area contributed by atoms with Gasteiger partial charge in [-0.2, -0.15) is 0 Å². The Morgan fingerprint density at radius 2 is 1.63 bits per heavy atom. The zero-order valence-corrected chi connectivity index (χ0v) is 23.8. The third kappa shape index (κ3) is 8.00. The Kier molecular flexibility index (Phi) is 9.68. The summed E-state index contributed by atoms with van der Waals surface area (Å²) < 4.78 is 11.2. The number of amides is 2. The summed E-state index contributed by atoms with van der Waals surface area (Å²) in [5.41, 5.74) is 4.40. The molecule has 5 N–H and O–H groups in total. The van der Waals surface area contributed by atoms with Gasteiger partial charge in [0, 0.05) is 29.4 Å². The van der Waals surface area contributed by atoms with E-state index < -0.39 is 6.10 Å². The standard InChI is InChI=1S/C34H34N4O5/c1-42-27-12-10-25(11-13-27)36-34(41)37-26-9-5-8-23(20-26)18-19-35-21-30(39)28-14-16-31(33-29(28)15-17-32(40)38-33)43-22-24-6-3-2-4-7-24/h2-17,20,30,35,39H,18-19,21-22H2,1H3,(H,38,40)(H2,36,37,41)/t30-/m1/s1. The minimum atomic E-state index is -0.800. The first-order valence-electron chi connectivity index (χ1n) is 14.0. The molecule has 220 valence electrons. The molecule has 4 aromatic carbocycles. The van der Waals surface area contributed by atoms with Gasteiger partial charge in [-0.1, -0.05) is 48.5 Å². The average molecular weight is 579 g/mol. The number of aliphatic hydroxyl groups excluding tert-OH is 1. The molecular formula is C34H34N4O5. The van der Waals surface area contributed by atoms with Crippen molar-refractivity contribution in [1.82, 2.24) is 10.3 Å². The lowest BCUT2D eigenvalue weighted by Crippen LogP contribution is -2.24. The van der Waals surface area contributed by atoms with Crippen molar-refractivity contribution in [2.45, 2.75) is 19.1 Å². The van der Waals surface area contributed by atoms with E-state index in [9.17, 15) is 14.7 Å². The first-order valence-corrected chi connectivity index (χ1v) is 14.0. The van der Waals surface area contributed by atoms with Crippen LogP contribution in [0.3, 0.4) is 0 Å². The number of urea groups is 1. The van der Waals surface area contributed by atoms with E-state index in [0.29, 0.717) is 60.1 Å². The van der Waals surface area contributed by atoms with Crippen LogP contribution in [-0.2, 0) is 13.0 Å². The van der Waals surface area contributed by atoms with Crippen molar-refractivity contribution in [2.75, 3.05) is 30.8 Å². The predicted octanol–water partition coefficient (Wildman–Crippen LogP) is 5.63. The molecule has 0 radical (unpaired) electrons. The number of carbonyl (C=O) groups is 1. The first kappa shape index (κ1) is 29.4. The molecule has 0 bridgehead atoms. The second kappa shape index (κ2) is 14.2. The molecule has 0 saturated heterocycles. The number of carbonyl (C=O) groups excluding carboxylic acids is 1. The van der Waals surface area contributed by atoms with Gasteiger partial charge in [0.05, 0.1) is 18.7 Å². The summed E-state index contributed by atoms with van der Waals surface area (Å²) in [5, 5.41) is 20.7. The number of nitrogens with one attached hydrogen (secondary N) is 4. The molecule has 0 spiro atoms. The lowest BCUT2D eigenvalue weighted by molar-refractivity contribution is 0.176. The molecule has 0 fully saturated rings. The van der Waals surface area contributed by atoms with Crippen LogP contribution in [0.4, 0.5) is 16.2 Å². The Labute approximate surface area is 249 Å². The largest absolute Gasteiger partial charge is 0.497 e. The maximum Gasteiger partial charge on any atom is 0.323 e. The Morgan fingerprint density at radius 1 is 0.860 bits per heavy atom. The third-order valence-corrected chi connectivity index (χ3v) is 6.95. The highest BCUT2D eigenvalue weighted by Crippen LogP contribution is 2.30. The van der Waals surface area contributed by atoms with Crippen LogP contribution < -0.4 is 31.0 Å². The smallest absolute Gasteiger partial charge is 0.323 e. The minimum Gasteiger partial charge on any atom is -0.497 e. The number of rotatable bonds is 12. The number of pyridine rings is 1. The molecule has 1 aromatic heterocycles. The highest BCUT2D eigenvalue weighted by atomic mass is 16.5. The zero-order valence-electron chi connectivity index (χ0n) is 23.8. The van der Waals surface area contributed by atoms with Crippen LogP contribution in [0.5, 0.6) is 11.5 Å². The first-order chi connectivity index (χ1) is 21.0. The van der Waals surface area contributed by atoms with E-state index in [1.54, 1.807) is 43.5 Å². The Balaban J connectivity index is 1.14. The van der Waals surface area contributed by atoms with Crippen molar-refractivity contribution in [3.63, 3.8) is 0 Å². The number of anilines is 2. The Hall–Kier alpha value is -5.12. The molecule has 1 atom stereocenters. The highest BCUT2D eigenvalue weighted by molar-refractivity contribution is 5.99. The van der Waals surface area contributed by atoms with Crippen molar-refractivity contribution in [3.8, 4) is 11.5 Å². The molecule has 5 aromatic rings. The van der Waals surface area contributed by atoms with E-state index in [2.05, 4.69) is 20.9 Å². The number of hydrogen-bond acceptors (Lipinski definition) is 6. The second-order valence-electron chi connectivity index (χ2n) is 10.0. The summed E-state index contributed by atoms with van der Waals surface area (Å²) in [6.45, 7) is 1.30. The van der Waals surface area contributed by atoms with Gasteiger partial charge in [-0.25, -0.2) is 4.79 Å².